The van der Waals surface area contributed by atoms with Crippen molar-refractivity contribution in [2.24, 2.45) is 5.73 Å². The zero-order valence-electron chi connectivity index (χ0n) is 8.54. The molecular weight excluding hydrogens is 272 g/mol. The monoisotopic (exact) mass is 282 g/mol. The molecule has 0 saturated carbocycles. The van der Waals surface area contributed by atoms with Crippen molar-refractivity contribution < 1.29 is 0 Å². The lowest BCUT2D eigenvalue weighted by atomic mass is 10.2. The van der Waals surface area contributed by atoms with Crippen LogP contribution in [0.1, 0.15) is 6.42 Å². The minimum Gasteiger partial charge on any atom is -0.330 e. The molecule has 0 unspecified atom stereocenters. The van der Waals surface area contributed by atoms with E-state index in [-0.39, 0.29) is 0 Å². The van der Waals surface area contributed by atoms with E-state index in [1.807, 2.05) is 6.07 Å². The number of nitrogens with two attached hydrogens (primary N) is 1. The first-order valence-corrected chi connectivity index (χ1v) is 5.67. The van der Waals surface area contributed by atoms with E-state index in [1.54, 1.807) is 17.1 Å². The largest absolute Gasteiger partial charge is 0.330 e. The van der Waals surface area contributed by atoms with Crippen molar-refractivity contribution in [1.29, 1.82) is 0 Å². The number of aryl methyl sites for hydroxylation is 1. The summed E-state index contributed by atoms with van der Waals surface area (Å²) in [5, 5.41) is 11.6. The van der Waals surface area contributed by atoms with Crippen LogP contribution in [-0.2, 0) is 6.54 Å². The third-order valence-electron chi connectivity index (χ3n) is 2.07. The maximum absolute atomic E-state index is 5.46. The highest BCUT2D eigenvalue weighted by Crippen LogP contribution is 2.18. The standard InChI is InChI=1S/C9H11BrN6/c10-8-4-7(5-12-6-8)9-13-14-15-16(9)3-1-2-11/h4-6H,1-3,11H2. The summed E-state index contributed by atoms with van der Waals surface area (Å²) < 4.78 is 2.63. The number of nitrogens with zero attached hydrogens (tertiary/aromatic N) is 5. The molecule has 0 amide bonds. The van der Waals surface area contributed by atoms with Crippen LogP contribution >= 0.6 is 15.9 Å². The lowest BCUT2D eigenvalue weighted by Crippen LogP contribution is -2.08. The topological polar surface area (TPSA) is 82.5 Å². The number of aromatic nitrogens is 5. The molecule has 6 nitrogen and oxygen atoms in total. The maximum Gasteiger partial charge on any atom is 0.183 e. The first kappa shape index (κ1) is 11.2. The normalized spacial score (nSPS) is 10.6. The van der Waals surface area contributed by atoms with Crippen molar-refractivity contribution in [1.82, 2.24) is 25.2 Å². The van der Waals surface area contributed by atoms with Crippen LogP contribution in [0.4, 0.5) is 0 Å². The molecule has 16 heavy (non-hydrogen) atoms. The zero-order chi connectivity index (χ0) is 11.4. The minimum atomic E-state index is 0.621. The Morgan fingerprint density at radius 2 is 2.25 bits per heavy atom. The molecule has 0 aliphatic carbocycles. The van der Waals surface area contributed by atoms with Gasteiger partial charge in [-0.2, -0.15) is 0 Å². The van der Waals surface area contributed by atoms with Gasteiger partial charge in [0, 0.05) is 29.0 Å². The van der Waals surface area contributed by atoms with Crippen molar-refractivity contribution in [2.75, 3.05) is 6.54 Å². The first-order valence-electron chi connectivity index (χ1n) is 4.88. The van der Waals surface area contributed by atoms with Crippen LogP contribution < -0.4 is 5.73 Å². The number of rotatable bonds is 4. The van der Waals surface area contributed by atoms with Crippen LogP contribution in [0.3, 0.4) is 0 Å². The third-order valence-corrected chi connectivity index (χ3v) is 2.50. The molecule has 2 N–H and O–H groups in total. The molecular formula is C9H11BrN6. The molecule has 84 valence electrons. The van der Waals surface area contributed by atoms with Gasteiger partial charge in [0.1, 0.15) is 0 Å². The van der Waals surface area contributed by atoms with Crippen molar-refractivity contribution >= 4 is 15.9 Å². The van der Waals surface area contributed by atoms with E-state index in [1.165, 1.54) is 0 Å². The van der Waals surface area contributed by atoms with E-state index in [4.69, 9.17) is 5.73 Å². The molecule has 0 saturated heterocycles. The summed E-state index contributed by atoms with van der Waals surface area (Å²) in [6.45, 7) is 1.33. The van der Waals surface area contributed by atoms with Gasteiger partial charge < -0.3 is 5.73 Å². The van der Waals surface area contributed by atoms with Crippen LogP contribution in [0, 0.1) is 0 Å². The van der Waals surface area contributed by atoms with Gasteiger partial charge >= 0.3 is 0 Å². The predicted octanol–water partition coefficient (Wildman–Crippen LogP) is 0.846. The molecule has 0 bridgehead atoms. The van der Waals surface area contributed by atoms with Gasteiger partial charge in [0.15, 0.2) is 5.82 Å². The summed E-state index contributed by atoms with van der Waals surface area (Å²) in [5.41, 5.74) is 6.34. The van der Waals surface area contributed by atoms with E-state index in [2.05, 4.69) is 36.4 Å². The maximum atomic E-state index is 5.46. The Kier molecular flexibility index (Phi) is 3.58. The van der Waals surface area contributed by atoms with Crippen molar-refractivity contribution in [3.8, 4) is 11.4 Å². The minimum absolute atomic E-state index is 0.621. The molecule has 7 heteroatoms. The molecule has 0 fully saturated rings. The number of hydrogen-bond donors (Lipinski definition) is 1. The van der Waals surface area contributed by atoms with Crippen molar-refractivity contribution in [2.45, 2.75) is 13.0 Å². The Hall–Kier alpha value is -1.34. The van der Waals surface area contributed by atoms with Gasteiger partial charge in [-0.25, -0.2) is 4.68 Å². The SMILES string of the molecule is NCCCn1nnnc1-c1cncc(Br)c1. The number of pyridine rings is 1. The highest BCUT2D eigenvalue weighted by Gasteiger charge is 2.08. The molecule has 0 aliphatic rings. The second kappa shape index (κ2) is 5.13. The van der Waals surface area contributed by atoms with E-state index in [0.29, 0.717) is 18.9 Å². The summed E-state index contributed by atoms with van der Waals surface area (Å²) in [5.74, 6) is 0.710. The zero-order valence-corrected chi connectivity index (χ0v) is 10.1. The number of hydrogen-bond acceptors (Lipinski definition) is 5. The van der Waals surface area contributed by atoms with Gasteiger partial charge in [-0.1, -0.05) is 0 Å². The Balaban J connectivity index is 2.29. The van der Waals surface area contributed by atoms with Crippen LogP contribution in [0.25, 0.3) is 11.4 Å². The van der Waals surface area contributed by atoms with Crippen molar-refractivity contribution in [3.05, 3.63) is 22.9 Å². The Morgan fingerprint density at radius 3 is 3.00 bits per heavy atom. The quantitative estimate of drug-likeness (QED) is 0.899. The van der Waals surface area contributed by atoms with Crippen LogP contribution in [0.5, 0.6) is 0 Å². The van der Waals surface area contributed by atoms with E-state index in [0.717, 1.165) is 16.5 Å². The van der Waals surface area contributed by atoms with Crippen molar-refractivity contribution in [3.63, 3.8) is 0 Å². The van der Waals surface area contributed by atoms with E-state index in [9.17, 15) is 0 Å². The summed E-state index contributed by atoms with van der Waals surface area (Å²) in [6.07, 6.45) is 4.30. The van der Waals surface area contributed by atoms with Gasteiger partial charge in [0.2, 0.25) is 0 Å². The molecule has 0 radical (unpaired) electrons. The molecule has 0 spiro atoms. The Morgan fingerprint density at radius 1 is 1.38 bits per heavy atom. The second-order valence-corrected chi connectivity index (χ2v) is 4.18. The summed E-state index contributed by atoms with van der Waals surface area (Å²) >= 11 is 3.36. The highest BCUT2D eigenvalue weighted by molar-refractivity contribution is 9.10. The molecule has 0 atom stereocenters. The molecule has 2 heterocycles. The summed E-state index contributed by atoms with van der Waals surface area (Å²) in [7, 11) is 0. The van der Waals surface area contributed by atoms with Gasteiger partial charge in [0.25, 0.3) is 0 Å². The third kappa shape index (κ3) is 2.42. The van der Waals surface area contributed by atoms with Crippen LogP contribution in [0.15, 0.2) is 22.9 Å². The lowest BCUT2D eigenvalue weighted by molar-refractivity contribution is 0.568. The highest BCUT2D eigenvalue weighted by atomic mass is 79.9. The smallest absolute Gasteiger partial charge is 0.183 e. The molecule has 0 aromatic carbocycles. The van der Waals surface area contributed by atoms with Crippen LogP contribution in [-0.4, -0.2) is 31.7 Å². The summed E-state index contributed by atoms with van der Waals surface area (Å²) in [6, 6.07) is 1.93. The first-order chi connectivity index (χ1) is 7.81. The van der Waals surface area contributed by atoms with Crippen LogP contribution in [0.2, 0.25) is 0 Å². The van der Waals surface area contributed by atoms with Gasteiger partial charge in [-0.15, -0.1) is 5.10 Å². The number of halogens is 1. The summed E-state index contributed by atoms with van der Waals surface area (Å²) in [4.78, 5) is 4.08. The molecule has 2 rings (SSSR count). The van der Waals surface area contributed by atoms with E-state index < -0.39 is 0 Å². The van der Waals surface area contributed by atoms with Gasteiger partial charge in [-0.05, 0) is 45.4 Å². The lowest BCUT2D eigenvalue weighted by Gasteiger charge is -2.03. The molecule has 2 aromatic heterocycles. The average Bonchev–Trinajstić information content (AvgIpc) is 2.74. The van der Waals surface area contributed by atoms with Gasteiger partial charge in [0.05, 0.1) is 0 Å². The fourth-order valence-corrected chi connectivity index (χ4v) is 1.70. The molecule has 0 aliphatic heterocycles. The second-order valence-electron chi connectivity index (χ2n) is 3.26. The number of tetrazole rings is 1. The van der Waals surface area contributed by atoms with Gasteiger partial charge in [-0.3, -0.25) is 4.98 Å². The Labute approximate surface area is 101 Å². The fraction of sp³-hybridized carbons (Fsp3) is 0.333. The Bertz CT molecular complexity index is 469. The average molecular weight is 283 g/mol. The molecule has 2 aromatic rings. The predicted molar refractivity (Wildman–Crippen MR) is 62.4 cm³/mol. The van der Waals surface area contributed by atoms with E-state index >= 15 is 0 Å². The fourth-order valence-electron chi connectivity index (χ4n) is 1.34.